The first-order chi connectivity index (χ1) is 10.5. The molecule has 6 heteroatoms. The molecule has 2 N–H and O–H groups in total. The van der Waals surface area contributed by atoms with Gasteiger partial charge in [0.25, 0.3) is 5.69 Å². The Labute approximate surface area is 131 Å². The summed E-state index contributed by atoms with van der Waals surface area (Å²) in [7, 11) is 0. The lowest BCUT2D eigenvalue weighted by Gasteiger charge is -2.35. The van der Waals surface area contributed by atoms with Crippen molar-refractivity contribution in [2.45, 2.75) is 32.7 Å². The van der Waals surface area contributed by atoms with Gasteiger partial charge in [-0.3, -0.25) is 15.0 Å². The zero-order chi connectivity index (χ0) is 16.1. The molecule has 2 rings (SSSR count). The minimum atomic E-state index is -0.403. The normalized spacial score (nSPS) is 17.6. The molecule has 0 spiro atoms. The van der Waals surface area contributed by atoms with Gasteiger partial charge < -0.3 is 10.4 Å². The zero-order valence-electron chi connectivity index (χ0n) is 13.3. The number of aromatic hydroxyl groups is 1. The zero-order valence-corrected chi connectivity index (χ0v) is 13.3. The fourth-order valence-corrected chi connectivity index (χ4v) is 2.94. The molecule has 122 valence electrons. The number of piperazine rings is 1. The van der Waals surface area contributed by atoms with Gasteiger partial charge in [-0.25, -0.2) is 0 Å². The third-order valence-electron chi connectivity index (χ3n) is 4.19. The Kier molecular flexibility index (Phi) is 5.74. The molecule has 1 atom stereocenters. The molecular weight excluding hydrogens is 282 g/mol. The molecule has 1 heterocycles. The fraction of sp³-hybridized carbons (Fsp3) is 0.625. The first-order valence-corrected chi connectivity index (χ1v) is 7.91. The second-order valence-corrected chi connectivity index (χ2v) is 6.27. The highest BCUT2D eigenvalue weighted by Gasteiger charge is 2.26. The molecule has 1 saturated heterocycles. The maximum Gasteiger partial charge on any atom is 0.270 e. The summed E-state index contributed by atoms with van der Waals surface area (Å²) in [6.07, 6.45) is 1.92. The Balaban J connectivity index is 2.29. The highest BCUT2D eigenvalue weighted by molar-refractivity contribution is 5.44. The molecule has 1 aromatic carbocycles. The van der Waals surface area contributed by atoms with Crippen molar-refractivity contribution in [3.63, 3.8) is 0 Å². The van der Waals surface area contributed by atoms with E-state index in [1.165, 1.54) is 18.2 Å². The summed E-state index contributed by atoms with van der Waals surface area (Å²) in [6.45, 7) is 7.95. The van der Waals surface area contributed by atoms with Crippen LogP contribution in [0.5, 0.6) is 5.75 Å². The lowest BCUT2D eigenvalue weighted by Crippen LogP contribution is -2.45. The minimum absolute atomic E-state index is 0.0319. The van der Waals surface area contributed by atoms with Crippen LogP contribution in [0.1, 0.15) is 38.3 Å². The van der Waals surface area contributed by atoms with Crippen molar-refractivity contribution in [3.05, 3.63) is 33.9 Å². The van der Waals surface area contributed by atoms with Crippen LogP contribution in [0.4, 0.5) is 5.69 Å². The summed E-state index contributed by atoms with van der Waals surface area (Å²) in [5.41, 5.74) is 0.717. The summed E-state index contributed by atoms with van der Waals surface area (Å²) in [6, 6.07) is 4.36. The summed E-state index contributed by atoms with van der Waals surface area (Å²) in [5.74, 6) is 0.712. The van der Waals surface area contributed by atoms with Gasteiger partial charge in [0.2, 0.25) is 0 Å². The topological polar surface area (TPSA) is 78.6 Å². The predicted octanol–water partition coefficient (Wildman–Crippen LogP) is 2.68. The number of nitrogens with zero attached hydrogens (tertiary/aromatic N) is 2. The summed E-state index contributed by atoms with van der Waals surface area (Å²) in [5, 5.41) is 24.6. The Morgan fingerprint density at radius 1 is 1.32 bits per heavy atom. The van der Waals surface area contributed by atoms with Gasteiger partial charge in [0.05, 0.1) is 4.92 Å². The molecule has 0 aromatic heterocycles. The lowest BCUT2D eigenvalue weighted by atomic mass is 9.94. The van der Waals surface area contributed by atoms with E-state index in [2.05, 4.69) is 24.1 Å². The Bertz CT molecular complexity index is 513. The number of non-ortho nitro benzene ring substituents is 1. The molecule has 1 fully saturated rings. The van der Waals surface area contributed by atoms with Crippen molar-refractivity contribution in [3.8, 4) is 5.75 Å². The number of nitrogens with one attached hydrogen (secondary N) is 1. The number of nitro groups is 1. The van der Waals surface area contributed by atoms with Gasteiger partial charge in [0, 0.05) is 49.9 Å². The van der Waals surface area contributed by atoms with Crippen LogP contribution in [-0.2, 0) is 0 Å². The first-order valence-electron chi connectivity index (χ1n) is 7.91. The second-order valence-electron chi connectivity index (χ2n) is 6.27. The van der Waals surface area contributed by atoms with Crippen LogP contribution in [0, 0.1) is 16.0 Å². The van der Waals surface area contributed by atoms with Crippen molar-refractivity contribution in [1.82, 2.24) is 10.2 Å². The molecular formula is C16H25N3O3. The van der Waals surface area contributed by atoms with Crippen LogP contribution in [0.3, 0.4) is 0 Å². The number of rotatable bonds is 6. The van der Waals surface area contributed by atoms with Crippen LogP contribution in [0.2, 0.25) is 0 Å². The molecule has 1 aliphatic rings. The second kappa shape index (κ2) is 7.56. The van der Waals surface area contributed by atoms with E-state index in [-0.39, 0.29) is 17.5 Å². The average molecular weight is 307 g/mol. The van der Waals surface area contributed by atoms with Gasteiger partial charge in [-0.05, 0) is 24.8 Å². The largest absolute Gasteiger partial charge is 0.508 e. The van der Waals surface area contributed by atoms with Gasteiger partial charge in [-0.15, -0.1) is 0 Å². The van der Waals surface area contributed by atoms with Crippen molar-refractivity contribution >= 4 is 5.69 Å². The molecule has 6 nitrogen and oxygen atoms in total. The SMILES string of the molecule is CC(C)CC[C@H](c1cc([N+](=O)[O-])ccc1O)N1CCNCC1. The molecule has 22 heavy (non-hydrogen) atoms. The number of phenolic OH excluding ortho intramolecular Hbond substituents is 1. The fourth-order valence-electron chi connectivity index (χ4n) is 2.94. The van der Waals surface area contributed by atoms with Gasteiger partial charge in [-0.1, -0.05) is 13.8 Å². The Hall–Kier alpha value is -1.66. The predicted molar refractivity (Wildman–Crippen MR) is 86.0 cm³/mol. The quantitative estimate of drug-likeness (QED) is 0.624. The van der Waals surface area contributed by atoms with E-state index in [1.807, 2.05) is 0 Å². The monoisotopic (exact) mass is 307 g/mol. The van der Waals surface area contributed by atoms with Gasteiger partial charge in [0.1, 0.15) is 5.75 Å². The molecule has 0 saturated carbocycles. The molecule has 0 unspecified atom stereocenters. The van der Waals surface area contributed by atoms with Gasteiger partial charge in [0.15, 0.2) is 0 Å². The highest BCUT2D eigenvalue weighted by atomic mass is 16.6. The molecule has 1 aromatic rings. The summed E-state index contributed by atoms with van der Waals surface area (Å²) < 4.78 is 0. The Morgan fingerprint density at radius 2 is 2.00 bits per heavy atom. The number of hydrogen-bond donors (Lipinski definition) is 2. The van der Waals surface area contributed by atoms with Crippen molar-refractivity contribution in [2.75, 3.05) is 26.2 Å². The molecule has 0 aliphatic carbocycles. The van der Waals surface area contributed by atoms with E-state index >= 15 is 0 Å². The average Bonchev–Trinajstić information content (AvgIpc) is 2.49. The van der Waals surface area contributed by atoms with E-state index in [0.717, 1.165) is 39.0 Å². The van der Waals surface area contributed by atoms with Crippen molar-refractivity contribution < 1.29 is 10.0 Å². The maximum absolute atomic E-state index is 11.0. The third kappa shape index (κ3) is 4.18. The smallest absolute Gasteiger partial charge is 0.270 e. The summed E-state index contributed by atoms with van der Waals surface area (Å²) in [4.78, 5) is 12.9. The molecule has 0 radical (unpaired) electrons. The van der Waals surface area contributed by atoms with Crippen LogP contribution in [0.15, 0.2) is 18.2 Å². The van der Waals surface area contributed by atoms with Crippen LogP contribution in [0.25, 0.3) is 0 Å². The van der Waals surface area contributed by atoms with E-state index in [0.29, 0.717) is 11.5 Å². The lowest BCUT2D eigenvalue weighted by molar-refractivity contribution is -0.385. The Morgan fingerprint density at radius 3 is 2.59 bits per heavy atom. The van der Waals surface area contributed by atoms with E-state index in [9.17, 15) is 15.2 Å². The standard InChI is InChI=1S/C16H25N3O3/c1-12(2)3-5-15(18-9-7-17-8-10-18)14-11-13(19(21)22)4-6-16(14)20/h4,6,11-12,15,17,20H,3,5,7-10H2,1-2H3/t15-/m1/s1. The van der Waals surface area contributed by atoms with Gasteiger partial charge >= 0.3 is 0 Å². The minimum Gasteiger partial charge on any atom is -0.508 e. The highest BCUT2D eigenvalue weighted by Crippen LogP contribution is 2.35. The van der Waals surface area contributed by atoms with Crippen LogP contribution in [-0.4, -0.2) is 41.1 Å². The summed E-state index contributed by atoms with van der Waals surface area (Å²) >= 11 is 0. The van der Waals surface area contributed by atoms with Gasteiger partial charge in [-0.2, -0.15) is 0 Å². The van der Waals surface area contributed by atoms with E-state index < -0.39 is 4.92 Å². The molecule has 0 bridgehead atoms. The number of benzene rings is 1. The van der Waals surface area contributed by atoms with Crippen molar-refractivity contribution in [2.24, 2.45) is 5.92 Å². The maximum atomic E-state index is 11.0. The molecule has 1 aliphatic heterocycles. The molecule has 0 amide bonds. The number of phenols is 1. The van der Waals surface area contributed by atoms with E-state index in [4.69, 9.17) is 0 Å². The number of nitro benzene ring substituents is 1. The number of hydrogen-bond acceptors (Lipinski definition) is 5. The van der Waals surface area contributed by atoms with Crippen LogP contribution >= 0.6 is 0 Å². The first kappa shape index (κ1) is 16.7. The van der Waals surface area contributed by atoms with Crippen molar-refractivity contribution in [1.29, 1.82) is 0 Å². The van der Waals surface area contributed by atoms with E-state index in [1.54, 1.807) is 0 Å². The third-order valence-corrected chi connectivity index (χ3v) is 4.19. The van der Waals surface area contributed by atoms with Crippen LogP contribution < -0.4 is 5.32 Å².